The molecule has 0 radical (unpaired) electrons. The van der Waals surface area contributed by atoms with Crippen LogP contribution in [0.5, 0.6) is 5.75 Å². The van der Waals surface area contributed by atoms with Gasteiger partial charge in [0.05, 0.1) is 12.7 Å². The van der Waals surface area contributed by atoms with Gasteiger partial charge in [-0.1, -0.05) is 30.5 Å². The van der Waals surface area contributed by atoms with Crippen molar-refractivity contribution >= 4 is 0 Å². The van der Waals surface area contributed by atoms with E-state index in [1.165, 1.54) is 24.0 Å². The molecule has 0 aromatic heterocycles. The zero-order valence-corrected chi connectivity index (χ0v) is 12.9. The van der Waals surface area contributed by atoms with Gasteiger partial charge in [0, 0.05) is 12.6 Å². The van der Waals surface area contributed by atoms with Crippen molar-refractivity contribution in [3.8, 4) is 5.75 Å². The maximum absolute atomic E-state index is 6.53. The highest BCUT2D eigenvalue weighted by molar-refractivity contribution is 5.37. The average molecular weight is 277 g/mol. The lowest BCUT2D eigenvalue weighted by Gasteiger charge is -2.35. The first-order valence-corrected chi connectivity index (χ1v) is 7.64. The summed E-state index contributed by atoms with van der Waals surface area (Å²) in [5, 5.41) is 0. The Bertz CT molecular complexity index is 439. The zero-order valence-electron chi connectivity index (χ0n) is 12.9. The van der Waals surface area contributed by atoms with Gasteiger partial charge in [-0.3, -0.25) is 0 Å². The summed E-state index contributed by atoms with van der Waals surface area (Å²) >= 11 is 0. The lowest BCUT2D eigenvalue weighted by atomic mass is 9.87. The van der Waals surface area contributed by atoms with Crippen LogP contribution in [0.3, 0.4) is 0 Å². The summed E-state index contributed by atoms with van der Waals surface area (Å²) in [6.45, 7) is 4.89. The third-order valence-electron chi connectivity index (χ3n) is 4.43. The van der Waals surface area contributed by atoms with Crippen LogP contribution in [0.2, 0.25) is 0 Å². The van der Waals surface area contributed by atoms with Crippen molar-refractivity contribution in [2.45, 2.75) is 57.6 Å². The lowest BCUT2D eigenvalue weighted by molar-refractivity contribution is -0.0525. The monoisotopic (exact) mass is 277 g/mol. The van der Waals surface area contributed by atoms with Crippen molar-refractivity contribution in [2.24, 2.45) is 5.73 Å². The topological polar surface area (TPSA) is 44.5 Å². The van der Waals surface area contributed by atoms with E-state index in [2.05, 4.69) is 26.0 Å². The number of ether oxygens (including phenoxy) is 2. The molecule has 0 spiro atoms. The summed E-state index contributed by atoms with van der Waals surface area (Å²) < 4.78 is 11.5. The maximum Gasteiger partial charge on any atom is 0.122 e. The number of benzene rings is 1. The Balaban J connectivity index is 2.17. The molecule has 1 aromatic carbocycles. The van der Waals surface area contributed by atoms with E-state index in [-0.39, 0.29) is 11.6 Å². The van der Waals surface area contributed by atoms with E-state index in [4.69, 9.17) is 15.2 Å². The number of methoxy groups -OCH3 is 1. The largest absolute Gasteiger partial charge is 0.496 e. The Labute approximate surface area is 122 Å². The fourth-order valence-corrected chi connectivity index (χ4v) is 3.37. The number of nitrogens with two attached hydrogens (primary N) is 1. The van der Waals surface area contributed by atoms with Crippen LogP contribution in [0.25, 0.3) is 0 Å². The standard InChI is InChI=1S/C17H27NO2/c1-4-20-17(9-5-6-10-17)16(18)12-14-11-13(2)7-8-15(14)19-3/h7-8,11,16H,4-6,9-10,12,18H2,1-3H3. The average Bonchev–Trinajstić information content (AvgIpc) is 2.89. The minimum atomic E-state index is -0.135. The molecular weight excluding hydrogens is 250 g/mol. The molecule has 0 aliphatic heterocycles. The Morgan fingerprint density at radius 1 is 1.30 bits per heavy atom. The van der Waals surface area contributed by atoms with Gasteiger partial charge in [0.1, 0.15) is 5.75 Å². The van der Waals surface area contributed by atoms with Crippen molar-refractivity contribution < 1.29 is 9.47 Å². The summed E-state index contributed by atoms with van der Waals surface area (Å²) in [6.07, 6.45) is 5.41. The third kappa shape index (κ3) is 3.15. The summed E-state index contributed by atoms with van der Waals surface area (Å²) in [6, 6.07) is 6.30. The van der Waals surface area contributed by atoms with Crippen LogP contribution in [-0.4, -0.2) is 25.4 Å². The molecule has 1 unspecified atom stereocenters. The van der Waals surface area contributed by atoms with E-state index < -0.39 is 0 Å². The van der Waals surface area contributed by atoms with Gasteiger partial charge < -0.3 is 15.2 Å². The van der Waals surface area contributed by atoms with Gasteiger partial charge in [0.25, 0.3) is 0 Å². The molecule has 0 saturated heterocycles. The molecule has 20 heavy (non-hydrogen) atoms. The van der Waals surface area contributed by atoms with E-state index in [0.29, 0.717) is 0 Å². The zero-order chi connectivity index (χ0) is 14.6. The van der Waals surface area contributed by atoms with Crippen LogP contribution < -0.4 is 10.5 Å². The summed E-state index contributed by atoms with van der Waals surface area (Å²) in [4.78, 5) is 0. The van der Waals surface area contributed by atoms with Crippen molar-refractivity contribution in [3.05, 3.63) is 29.3 Å². The fraction of sp³-hybridized carbons (Fsp3) is 0.647. The fourth-order valence-electron chi connectivity index (χ4n) is 3.37. The molecule has 1 aromatic rings. The third-order valence-corrected chi connectivity index (χ3v) is 4.43. The second kappa shape index (κ2) is 6.59. The number of rotatable bonds is 6. The van der Waals surface area contributed by atoms with E-state index >= 15 is 0 Å². The quantitative estimate of drug-likeness (QED) is 0.868. The van der Waals surface area contributed by atoms with Gasteiger partial charge in [-0.05, 0) is 44.7 Å². The first-order chi connectivity index (χ1) is 9.61. The Kier molecular flexibility index (Phi) is 5.06. The number of aryl methyl sites for hydroxylation is 1. The summed E-state index contributed by atoms with van der Waals surface area (Å²) in [5.41, 5.74) is 8.82. The number of hydrogen-bond donors (Lipinski definition) is 1. The van der Waals surface area contributed by atoms with E-state index in [1.807, 2.05) is 6.07 Å². The summed E-state index contributed by atoms with van der Waals surface area (Å²) in [5.74, 6) is 0.927. The van der Waals surface area contributed by atoms with E-state index in [1.54, 1.807) is 7.11 Å². The first kappa shape index (κ1) is 15.3. The maximum atomic E-state index is 6.53. The minimum absolute atomic E-state index is 0.0284. The van der Waals surface area contributed by atoms with Crippen LogP contribution in [0.1, 0.15) is 43.7 Å². The Hall–Kier alpha value is -1.06. The minimum Gasteiger partial charge on any atom is -0.496 e. The second-order valence-corrected chi connectivity index (χ2v) is 5.83. The molecule has 2 N–H and O–H groups in total. The van der Waals surface area contributed by atoms with Crippen LogP contribution in [0.4, 0.5) is 0 Å². The normalized spacial score (nSPS) is 19.0. The molecule has 1 fully saturated rings. The highest BCUT2D eigenvalue weighted by atomic mass is 16.5. The predicted octanol–water partition coefficient (Wildman–Crippen LogP) is 3.22. The number of hydrogen-bond acceptors (Lipinski definition) is 3. The van der Waals surface area contributed by atoms with Crippen molar-refractivity contribution in [1.29, 1.82) is 0 Å². The second-order valence-electron chi connectivity index (χ2n) is 5.83. The van der Waals surface area contributed by atoms with Crippen molar-refractivity contribution in [2.75, 3.05) is 13.7 Å². The van der Waals surface area contributed by atoms with Gasteiger partial charge in [0.2, 0.25) is 0 Å². The molecular formula is C17H27NO2. The molecule has 2 rings (SSSR count). The van der Waals surface area contributed by atoms with E-state index in [0.717, 1.165) is 31.6 Å². The van der Waals surface area contributed by atoms with Crippen LogP contribution in [0.15, 0.2) is 18.2 Å². The molecule has 1 aliphatic rings. The predicted molar refractivity (Wildman–Crippen MR) is 82.2 cm³/mol. The van der Waals surface area contributed by atoms with Crippen molar-refractivity contribution in [1.82, 2.24) is 0 Å². The smallest absolute Gasteiger partial charge is 0.122 e. The van der Waals surface area contributed by atoms with Crippen molar-refractivity contribution in [3.63, 3.8) is 0 Å². The van der Waals surface area contributed by atoms with Gasteiger partial charge in [-0.2, -0.15) is 0 Å². The van der Waals surface area contributed by atoms with Crippen LogP contribution in [0, 0.1) is 6.92 Å². The molecule has 112 valence electrons. The molecule has 0 heterocycles. The van der Waals surface area contributed by atoms with Gasteiger partial charge >= 0.3 is 0 Å². The highest BCUT2D eigenvalue weighted by Crippen LogP contribution is 2.37. The molecule has 1 saturated carbocycles. The lowest BCUT2D eigenvalue weighted by Crippen LogP contribution is -2.49. The first-order valence-electron chi connectivity index (χ1n) is 7.64. The van der Waals surface area contributed by atoms with Crippen LogP contribution >= 0.6 is 0 Å². The molecule has 3 nitrogen and oxygen atoms in total. The molecule has 0 amide bonds. The highest BCUT2D eigenvalue weighted by Gasteiger charge is 2.40. The Morgan fingerprint density at radius 2 is 2.00 bits per heavy atom. The molecule has 3 heteroatoms. The Morgan fingerprint density at radius 3 is 2.60 bits per heavy atom. The van der Waals surface area contributed by atoms with Crippen LogP contribution in [-0.2, 0) is 11.2 Å². The molecule has 1 aliphatic carbocycles. The van der Waals surface area contributed by atoms with E-state index in [9.17, 15) is 0 Å². The SMILES string of the molecule is CCOC1(C(N)Cc2cc(C)ccc2OC)CCCC1. The molecule has 1 atom stereocenters. The molecule has 0 bridgehead atoms. The summed E-state index contributed by atoms with van der Waals surface area (Å²) in [7, 11) is 1.72. The van der Waals surface area contributed by atoms with Gasteiger partial charge in [-0.25, -0.2) is 0 Å². The van der Waals surface area contributed by atoms with Gasteiger partial charge in [0.15, 0.2) is 0 Å². The van der Waals surface area contributed by atoms with Gasteiger partial charge in [-0.15, -0.1) is 0 Å².